The van der Waals surface area contributed by atoms with Crippen molar-refractivity contribution in [3.8, 4) is 5.75 Å². The highest BCUT2D eigenvalue weighted by Crippen LogP contribution is 2.26. The molecule has 23 heavy (non-hydrogen) atoms. The van der Waals surface area contributed by atoms with Crippen LogP contribution in [0.15, 0.2) is 59.6 Å². The van der Waals surface area contributed by atoms with Crippen LogP contribution in [0.3, 0.4) is 0 Å². The summed E-state index contributed by atoms with van der Waals surface area (Å²) >= 11 is 1.58. The van der Waals surface area contributed by atoms with Crippen molar-refractivity contribution in [2.24, 2.45) is 4.99 Å². The lowest BCUT2D eigenvalue weighted by Crippen LogP contribution is -2.38. The number of nitrogens with zero attached hydrogens (tertiary/aromatic N) is 2. The molecule has 1 aliphatic rings. The van der Waals surface area contributed by atoms with Crippen LogP contribution in [0, 0.1) is 0 Å². The smallest absolute Gasteiger partial charge is 0.332 e. The summed E-state index contributed by atoms with van der Waals surface area (Å²) in [6.45, 7) is 0.727. The van der Waals surface area contributed by atoms with Gasteiger partial charge in [0.15, 0.2) is 5.17 Å². The highest BCUT2D eigenvalue weighted by Gasteiger charge is 2.24. The third-order valence-corrected chi connectivity index (χ3v) is 4.28. The quantitative estimate of drug-likeness (QED) is 0.932. The van der Waals surface area contributed by atoms with Gasteiger partial charge in [0.2, 0.25) is 0 Å². The van der Waals surface area contributed by atoms with Crippen LogP contribution in [0.5, 0.6) is 5.75 Å². The van der Waals surface area contributed by atoms with Crippen LogP contribution in [0.25, 0.3) is 0 Å². The second kappa shape index (κ2) is 7.19. The number of amidine groups is 1. The SMILES string of the molecule is COc1ccc(N(C(=O)Nc2ccccc2)C2=NCCS2)cc1. The molecule has 0 aromatic heterocycles. The fraction of sp³-hybridized carbons (Fsp3) is 0.176. The summed E-state index contributed by atoms with van der Waals surface area (Å²) in [5.74, 6) is 1.64. The molecule has 0 fully saturated rings. The summed E-state index contributed by atoms with van der Waals surface area (Å²) in [7, 11) is 1.62. The van der Waals surface area contributed by atoms with E-state index < -0.39 is 0 Å². The fourth-order valence-corrected chi connectivity index (χ4v) is 3.07. The van der Waals surface area contributed by atoms with Gasteiger partial charge in [0.05, 0.1) is 19.3 Å². The molecule has 2 amide bonds. The number of para-hydroxylation sites is 1. The number of aliphatic imine (C=N–C) groups is 1. The molecule has 3 rings (SSSR count). The number of rotatable bonds is 3. The van der Waals surface area contributed by atoms with E-state index in [4.69, 9.17) is 4.74 Å². The number of methoxy groups -OCH3 is 1. The number of urea groups is 1. The van der Waals surface area contributed by atoms with Crippen molar-refractivity contribution >= 4 is 34.3 Å². The molecule has 0 atom stereocenters. The molecule has 1 heterocycles. The van der Waals surface area contributed by atoms with Crippen molar-refractivity contribution in [2.45, 2.75) is 0 Å². The van der Waals surface area contributed by atoms with Crippen molar-refractivity contribution in [1.82, 2.24) is 0 Å². The Kier molecular flexibility index (Phi) is 4.83. The van der Waals surface area contributed by atoms with E-state index in [2.05, 4.69) is 10.3 Å². The van der Waals surface area contributed by atoms with Gasteiger partial charge in [-0.2, -0.15) is 0 Å². The second-order valence-electron chi connectivity index (χ2n) is 4.84. The zero-order valence-electron chi connectivity index (χ0n) is 12.7. The summed E-state index contributed by atoms with van der Waals surface area (Å²) in [6, 6.07) is 16.5. The molecule has 0 radical (unpaired) electrons. The summed E-state index contributed by atoms with van der Waals surface area (Å²) < 4.78 is 5.18. The first-order valence-corrected chi connectivity index (χ1v) is 8.24. The van der Waals surface area contributed by atoms with Gasteiger partial charge in [0.25, 0.3) is 0 Å². The maximum absolute atomic E-state index is 12.7. The zero-order chi connectivity index (χ0) is 16.1. The number of benzene rings is 2. The molecule has 1 N–H and O–H groups in total. The molecule has 0 spiro atoms. The monoisotopic (exact) mass is 327 g/mol. The number of anilines is 2. The minimum absolute atomic E-state index is 0.227. The molecule has 118 valence electrons. The summed E-state index contributed by atoms with van der Waals surface area (Å²) in [4.78, 5) is 18.8. The molecular formula is C17H17N3O2S. The Morgan fingerprint density at radius 2 is 1.91 bits per heavy atom. The standard InChI is InChI=1S/C17H17N3O2S/c1-22-15-9-7-14(8-10-15)20(17-18-11-12-23-17)16(21)19-13-5-3-2-4-6-13/h2-10H,11-12H2,1H3,(H,19,21). The van der Waals surface area contributed by atoms with Crippen molar-refractivity contribution in [1.29, 1.82) is 0 Å². The number of hydrogen-bond acceptors (Lipinski definition) is 4. The van der Waals surface area contributed by atoms with Gasteiger partial charge in [-0.05, 0) is 36.4 Å². The van der Waals surface area contributed by atoms with Gasteiger partial charge in [0.1, 0.15) is 5.75 Å². The maximum atomic E-state index is 12.7. The third kappa shape index (κ3) is 3.65. The van der Waals surface area contributed by atoms with Crippen LogP contribution in [0.2, 0.25) is 0 Å². The molecule has 0 saturated carbocycles. The van der Waals surface area contributed by atoms with Crippen molar-refractivity contribution < 1.29 is 9.53 Å². The first kappa shape index (κ1) is 15.4. The molecule has 2 aromatic carbocycles. The van der Waals surface area contributed by atoms with Crippen molar-refractivity contribution in [3.05, 3.63) is 54.6 Å². The fourth-order valence-electron chi connectivity index (χ4n) is 2.21. The number of thioether (sulfide) groups is 1. The van der Waals surface area contributed by atoms with Crippen LogP contribution in [-0.2, 0) is 0 Å². The number of nitrogens with one attached hydrogen (secondary N) is 1. The second-order valence-corrected chi connectivity index (χ2v) is 5.90. The Hall–Kier alpha value is -2.47. The molecule has 6 heteroatoms. The Balaban J connectivity index is 1.87. The molecule has 0 saturated heterocycles. The minimum Gasteiger partial charge on any atom is -0.497 e. The summed E-state index contributed by atoms with van der Waals surface area (Å²) in [6.07, 6.45) is 0. The van der Waals surface area contributed by atoms with Gasteiger partial charge in [-0.25, -0.2) is 9.69 Å². The molecule has 0 bridgehead atoms. The van der Waals surface area contributed by atoms with Crippen molar-refractivity contribution in [2.75, 3.05) is 29.6 Å². The van der Waals surface area contributed by atoms with Crippen LogP contribution in [0.1, 0.15) is 0 Å². The molecule has 0 aliphatic carbocycles. The van der Waals surface area contributed by atoms with E-state index >= 15 is 0 Å². The predicted molar refractivity (Wildman–Crippen MR) is 95.7 cm³/mol. The number of carbonyl (C=O) groups excluding carboxylic acids is 1. The Labute approximate surface area is 139 Å². The molecule has 2 aromatic rings. The van der Waals surface area contributed by atoms with Gasteiger partial charge < -0.3 is 10.1 Å². The first-order valence-electron chi connectivity index (χ1n) is 7.25. The van der Waals surface area contributed by atoms with Crippen LogP contribution >= 0.6 is 11.8 Å². The van der Waals surface area contributed by atoms with E-state index in [1.165, 1.54) is 0 Å². The van der Waals surface area contributed by atoms with Crippen LogP contribution in [0.4, 0.5) is 16.2 Å². The van der Waals surface area contributed by atoms with E-state index in [0.717, 1.165) is 29.4 Å². The van der Waals surface area contributed by atoms with Gasteiger partial charge in [-0.15, -0.1) is 0 Å². The molecule has 5 nitrogen and oxygen atoms in total. The zero-order valence-corrected chi connectivity index (χ0v) is 13.5. The molecular weight excluding hydrogens is 310 g/mol. The Bertz CT molecular complexity index is 702. The van der Waals surface area contributed by atoms with E-state index in [1.54, 1.807) is 23.8 Å². The average Bonchev–Trinajstić information content (AvgIpc) is 3.11. The lowest BCUT2D eigenvalue weighted by Gasteiger charge is -2.22. The predicted octanol–water partition coefficient (Wildman–Crippen LogP) is 3.84. The van der Waals surface area contributed by atoms with Gasteiger partial charge in [0, 0.05) is 11.4 Å². The van der Waals surface area contributed by atoms with Gasteiger partial charge in [-0.3, -0.25) is 4.99 Å². The average molecular weight is 327 g/mol. The van der Waals surface area contributed by atoms with E-state index in [9.17, 15) is 4.79 Å². The van der Waals surface area contributed by atoms with Crippen LogP contribution in [-0.4, -0.2) is 30.6 Å². The Morgan fingerprint density at radius 3 is 2.52 bits per heavy atom. The highest BCUT2D eigenvalue weighted by molar-refractivity contribution is 8.14. The van der Waals surface area contributed by atoms with E-state index in [1.807, 2.05) is 54.6 Å². The molecule has 0 unspecified atom stereocenters. The van der Waals surface area contributed by atoms with E-state index in [-0.39, 0.29) is 6.03 Å². The normalized spacial score (nSPS) is 13.3. The number of ether oxygens (including phenoxy) is 1. The van der Waals surface area contributed by atoms with Crippen molar-refractivity contribution in [3.63, 3.8) is 0 Å². The number of hydrogen-bond donors (Lipinski definition) is 1. The van der Waals surface area contributed by atoms with E-state index in [0.29, 0.717) is 5.17 Å². The summed E-state index contributed by atoms with van der Waals surface area (Å²) in [5.41, 5.74) is 1.51. The number of carbonyl (C=O) groups is 1. The lowest BCUT2D eigenvalue weighted by molar-refractivity contribution is 0.259. The molecule has 1 aliphatic heterocycles. The maximum Gasteiger partial charge on any atom is 0.332 e. The highest BCUT2D eigenvalue weighted by atomic mass is 32.2. The number of amides is 2. The first-order chi connectivity index (χ1) is 11.3. The Morgan fingerprint density at radius 1 is 1.17 bits per heavy atom. The third-order valence-electron chi connectivity index (χ3n) is 3.32. The van der Waals surface area contributed by atoms with Gasteiger partial charge in [-0.1, -0.05) is 30.0 Å². The lowest BCUT2D eigenvalue weighted by atomic mass is 10.3. The topological polar surface area (TPSA) is 53.9 Å². The van der Waals surface area contributed by atoms with Gasteiger partial charge >= 0.3 is 6.03 Å². The largest absolute Gasteiger partial charge is 0.497 e. The minimum atomic E-state index is -0.227. The summed E-state index contributed by atoms with van der Waals surface area (Å²) in [5, 5.41) is 3.62. The van der Waals surface area contributed by atoms with Crippen LogP contribution < -0.4 is 15.0 Å².